The summed E-state index contributed by atoms with van der Waals surface area (Å²) in [5.74, 6) is 0.0661. The minimum absolute atomic E-state index is 0.251. The topological polar surface area (TPSA) is 66.8 Å². The summed E-state index contributed by atoms with van der Waals surface area (Å²) in [6.45, 7) is 2.04. The fourth-order valence-corrected chi connectivity index (χ4v) is 2.11. The van der Waals surface area contributed by atoms with Gasteiger partial charge < -0.3 is 14.9 Å². The van der Waals surface area contributed by atoms with Crippen molar-refractivity contribution in [1.82, 2.24) is 0 Å². The number of carbonyl (C=O) groups excluding carboxylic acids is 1. The Morgan fingerprint density at radius 3 is 2.94 bits per heavy atom. The van der Waals surface area contributed by atoms with Crippen LogP contribution < -0.4 is 0 Å². The lowest BCUT2D eigenvalue weighted by Gasteiger charge is -2.22. The predicted octanol–water partition coefficient (Wildman–Crippen LogP) is 1.04. The van der Waals surface area contributed by atoms with Crippen LogP contribution in [0.15, 0.2) is 23.0 Å². The Bertz CT molecular complexity index is 367. The molecule has 0 radical (unpaired) electrons. The van der Waals surface area contributed by atoms with Crippen LogP contribution in [0.2, 0.25) is 0 Å². The van der Waals surface area contributed by atoms with Gasteiger partial charge in [0.2, 0.25) is 0 Å². The Morgan fingerprint density at radius 1 is 1.50 bits per heavy atom. The third-order valence-corrected chi connectivity index (χ3v) is 3.01. The third kappa shape index (κ3) is 1.79. The van der Waals surface area contributed by atoms with Crippen LogP contribution in [0, 0.1) is 0 Å². The molecule has 0 aromatic heterocycles. The standard InChI is InChI=1S/C12H16O4/c1-2-3-4-9-7-5-6-8(13)11(14)10(7)12(15)16-9/h4,8,11,13-14H,2-3,5-6H2,1H3/b9-4+/t8-,11+/m0/s1. The molecular weight excluding hydrogens is 208 g/mol. The summed E-state index contributed by atoms with van der Waals surface area (Å²) in [5.41, 5.74) is 1.03. The Labute approximate surface area is 94.2 Å². The summed E-state index contributed by atoms with van der Waals surface area (Å²) in [7, 11) is 0. The van der Waals surface area contributed by atoms with Crippen molar-refractivity contribution >= 4 is 5.97 Å². The Morgan fingerprint density at radius 2 is 2.25 bits per heavy atom. The van der Waals surface area contributed by atoms with Gasteiger partial charge in [-0.3, -0.25) is 0 Å². The maximum Gasteiger partial charge on any atom is 0.342 e. The Kier molecular flexibility index (Phi) is 3.12. The molecule has 0 saturated heterocycles. The number of aliphatic hydroxyl groups is 2. The van der Waals surface area contributed by atoms with E-state index in [2.05, 4.69) is 0 Å². The SMILES string of the molecule is CCC/C=C1/OC(=O)C2=C1CC[C@H](O)[C@H]2O. The molecule has 0 spiro atoms. The number of rotatable bonds is 2. The fourth-order valence-electron chi connectivity index (χ4n) is 2.11. The zero-order valence-electron chi connectivity index (χ0n) is 9.27. The van der Waals surface area contributed by atoms with Gasteiger partial charge in [-0.05, 0) is 25.3 Å². The van der Waals surface area contributed by atoms with Gasteiger partial charge in [-0.1, -0.05) is 13.3 Å². The number of ether oxygens (including phenoxy) is 1. The average molecular weight is 224 g/mol. The molecule has 2 N–H and O–H groups in total. The number of aliphatic hydroxyl groups excluding tert-OH is 2. The zero-order chi connectivity index (χ0) is 11.7. The molecular formula is C12H16O4. The highest BCUT2D eigenvalue weighted by molar-refractivity contribution is 5.96. The molecule has 2 aliphatic rings. The van der Waals surface area contributed by atoms with Crippen LogP contribution in [0.3, 0.4) is 0 Å². The van der Waals surface area contributed by atoms with Crippen LogP contribution in [0.4, 0.5) is 0 Å². The fraction of sp³-hybridized carbons (Fsp3) is 0.583. The first-order chi connectivity index (χ1) is 7.65. The predicted molar refractivity (Wildman–Crippen MR) is 57.4 cm³/mol. The van der Waals surface area contributed by atoms with E-state index in [1.807, 2.05) is 13.0 Å². The number of esters is 1. The van der Waals surface area contributed by atoms with E-state index in [0.717, 1.165) is 18.4 Å². The number of hydrogen-bond donors (Lipinski definition) is 2. The second kappa shape index (κ2) is 4.39. The van der Waals surface area contributed by atoms with Crippen LogP contribution in [-0.4, -0.2) is 28.4 Å². The average Bonchev–Trinajstić information content (AvgIpc) is 2.58. The minimum Gasteiger partial charge on any atom is -0.423 e. The van der Waals surface area contributed by atoms with E-state index in [0.29, 0.717) is 18.6 Å². The lowest BCUT2D eigenvalue weighted by atomic mass is 9.87. The first-order valence-electron chi connectivity index (χ1n) is 5.67. The molecule has 0 amide bonds. The second-order valence-electron chi connectivity index (χ2n) is 4.19. The van der Waals surface area contributed by atoms with E-state index < -0.39 is 18.2 Å². The van der Waals surface area contributed by atoms with Gasteiger partial charge in [0.15, 0.2) is 0 Å². The van der Waals surface area contributed by atoms with E-state index >= 15 is 0 Å². The maximum absolute atomic E-state index is 11.5. The number of carbonyl (C=O) groups is 1. The molecule has 0 bridgehead atoms. The van der Waals surface area contributed by atoms with Crippen LogP contribution in [-0.2, 0) is 9.53 Å². The van der Waals surface area contributed by atoms with Crippen molar-refractivity contribution in [3.8, 4) is 0 Å². The molecule has 0 unspecified atom stereocenters. The van der Waals surface area contributed by atoms with Gasteiger partial charge >= 0.3 is 5.97 Å². The lowest BCUT2D eigenvalue weighted by Crippen LogP contribution is -2.33. The molecule has 88 valence electrons. The van der Waals surface area contributed by atoms with Crippen molar-refractivity contribution in [2.75, 3.05) is 0 Å². The zero-order valence-corrected chi connectivity index (χ0v) is 9.27. The molecule has 0 fully saturated rings. The van der Waals surface area contributed by atoms with Crippen molar-refractivity contribution in [1.29, 1.82) is 0 Å². The monoisotopic (exact) mass is 224 g/mol. The molecule has 0 aromatic rings. The highest BCUT2D eigenvalue weighted by atomic mass is 16.5. The van der Waals surface area contributed by atoms with Gasteiger partial charge in [0.05, 0.1) is 11.7 Å². The molecule has 4 heteroatoms. The van der Waals surface area contributed by atoms with E-state index in [-0.39, 0.29) is 5.57 Å². The molecule has 2 atom stereocenters. The quantitative estimate of drug-likeness (QED) is 0.688. The summed E-state index contributed by atoms with van der Waals surface area (Å²) >= 11 is 0. The molecule has 4 nitrogen and oxygen atoms in total. The molecule has 0 aromatic carbocycles. The van der Waals surface area contributed by atoms with Gasteiger partial charge in [-0.2, -0.15) is 0 Å². The summed E-state index contributed by atoms with van der Waals surface area (Å²) in [5, 5.41) is 19.2. The third-order valence-electron chi connectivity index (χ3n) is 3.01. The largest absolute Gasteiger partial charge is 0.423 e. The smallest absolute Gasteiger partial charge is 0.342 e. The van der Waals surface area contributed by atoms with Crippen LogP contribution >= 0.6 is 0 Å². The molecule has 1 heterocycles. The summed E-state index contributed by atoms with van der Waals surface area (Å²) in [4.78, 5) is 11.5. The lowest BCUT2D eigenvalue weighted by molar-refractivity contribution is -0.135. The van der Waals surface area contributed by atoms with Gasteiger partial charge in [0.25, 0.3) is 0 Å². The highest BCUT2D eigenvalue weighted by Gasteiger charge is 2.40. The molecule has 1 aliphatic heterocycles. The van der Waals surface area contributed by atoms with Gasteiger partial charge in [-0.15, -0.1) is 0 Å². The summed E-state index contributed by atoms with van der Waals surface area (Å²) in [6.07, 6.45) is 2.83. The normalized spacial score (nSPS) is 31.9. The van der Waals surface area contributed by atoms with Crippen LogP contribution in [0.1, 0.15) is 32.6 Å². The number of hydrogen-bond acceptors (Lipinski definition) is 4. The molecule has 16 heavy (non-hydrogen) atoms. The van der Waals surface area contributed by atoms with E-state index in [4.69, 9.17) is 4.74 Å². The van der Waals surface area contributed by atoms with Crippen molar-refractivity contribution < 1.29 is 19.7 Å². The van der Waals surface area contributed by atoms with Crippen molar-refractivity contribution in [3.05, 3.63) is 23.0 Å². The second-order valence-corrected chi connectivity index (χ2v) is 4.19. The van der Waals surface area contributed by atoms with Gasteiger partial charge in [0.1, 0.15) is 11.9 Å². The van der Waals surface area contributed by atoms with Crippen molar-refractivity contribution in [2.45, 2.75) is 44.8 Å². The van der Waals surface area contributed by atoms with Crippen molar-refractivity contribution in [2.24, 2.45) is 0 Å². The highest BCUT2D eigenvalue weighted by Crippen LogP contribution is 2.37. The first-order valence-corrected chi connectivity index (χ1v) is 5.67. The van der Waals surface area contributed by atoms with E-state index in [1.54, 1.807) is 0 Å². The van der Waals surface area contributed by atoms with Crippen molar-refractivity contribution in [3.63, 3.8) is 0 Å². The molecule has 2 rings (SSSR count). The summed E-state index contributed by atoms with van der Waals surface area (Å²) in [6, 6.07) is 0. The molecule has 0 saturated carbocycles. The van der Waals surface area contributed by atoms with Crippen LogP contribution in [0.5, 0.6) is 0 Å². The van der Waals surface area contributed by atoms with Gasteiger partial charge in [-0.25, -0.2) is 4.79 Å². The first kappa shape index (κ1) is 11.4. The van der Waals surface area contributed by atoms with Gasteiger partial charge in [0, 0.05) is 5.57 Å². The Hall–Kier alpha value is -1.13. The number of allylic oxidation sites excluding steroid dienone is 2. The molecule has 1 aliphatic carbocycles. The van der Waals surface area contributed by atoms with E-state index in [1.165, 1.54) is 0 Å². The number of unbranched alkanes of at least 4 members (excludes halogenated alkanes) is 1. The maximum atomic E-state index is 11.5. The summed E-state index contributed by atoms with van der Waals surface area (Å²) < 4.78 is 5.11. The van der Waals surface area contributed by atoms with E-state index in [9.17, 15) is 15.0 Å². The van der Waals surface area contributed by atoms with Crippen LogP contribution in [0.25, 0.3) is 0 Å². The Balaban J connectivity index is 2.31. The number of cyclic esters (lactones) is 1. The minimum atomic E-state index is -1.09.